The molecule has 0 bridgehead atoms. The van der Waals surface area contributed by atoms with Gasteiger partial charge in [-0.3, -0.25) is 10.1 Å². The van der Waals surface area contributed by atoms with Crippen molar-refractivity contribution < 1.29 is 9.53 Å². The van der Waals surface area contributed by atoms with Crippen LogP contribution in [0.25, 0.3) is 0 Å². The van der Waals surface area contributed by atoms with E-state index >= 15 is 0 Å². The standard InChI is InChI=1S/C13H23NO2/c1-4-9-14-13(12(15)16-5-2)8-6-7-11(3)10-13/h4,11,14H,1,5-10H2,2-3H3. The van der Waals surface area contributed by atoms with Crippen LogP contribution in [0, 0.1) is 5.92 Å². The van der Waals surface area contributed by atoms with E-state index in [9.17, 15) is 4.79 Å². The van der Waals surface area contributed by atoms with Crippen molar-refractivity contribution in [2.45, 2.75) is 45.1 Å². The summed E-state index contributed by atoms with van der Waals surface area (Å²) in [5, 5.41) is 3.31. The van der Waals surface area contributed by atoms with Gasteiger partial charge < -0.3 is 4.74 Å². The Hall–Kier alpha value is -0.830. The van der Waals surface area contributed by atoms with E-state index in [1.807, 2.05) is 6.92 Å². The molecule has 0 amide bonds. The van der Waals surface area contributed by atoms with Crippen molar-refractivity contribution in [2.24, 2.45) is 5.92 Å². The molecule has 92 valence electrons. The summed E-state index contributed by atoms with van der Waals surface area (Å²) in [7, 11) is 0. The lowest BCUT2D eigenvalue weighted by Crippen LogP contribution is -2.55. The summed E-state index contributed by atoms with van der Waals surface area (Å²) < 4.78 is 5.19. The van der Waals surface area contributed by atoms with Crippen molar-refractivity contribution >= 4 is 5.97 Å². The molecule has 1 saturated carbocycles. The molecule has 16 heavy (non-hydrogen) atoms. The Morgan fingerprint density at radius 3 is 3.00 bits per heavy atom. The van der Waals surface area contributed by atoms with Gasteiger partial charge in [-0.15, -0.1) is 6.58 Å². The molecule has 0 saturated heterocycles. The van der Waals surface area contributed by atoms with E-state index in [0.717, 1.165) is 19.3 Å². The first-order valence-corrected chi connectivity index (χ1v) is 6.18. The van der Waals surface area contributed by atoms with Gasteiger partial charge in [0.1, 0.15) is 5.54 Å². The van der Waals surface area contributed by atoms with Gasteiger partial charge in [0.2, 0.25) is 0 Å². The number of carbonyl (C=O) groups excluding carboxylic acids is 1. The first kappa shape index (κ1) is 13.2. The van der Waals surface area contributed by atoms with Crippen molar-refractivity contribution in [1.82, 2.24) is 5.32 Å². The van der Waals surface area contributed by atoms with E-state index in [2.05, 4.69) is 18.8 Å². The van der Waals surface area contributed by atoms with Crippen LogP contribution in [0.5, 0.6) is 0 Å². The minimum atomic E-state index is -0.470. The fraction of sp³-hybridized carbons (Fsp3) is 0.769. The van der Waals surface area contributed by atoms with Gasteiger partial charge in [0.15, 0.2) is 0 Å². The Labute approximate surface area is 98.2 Å². The highest BCUT2D eigenvalue weighted by Gasteiger charge is 2.42. The molecule has 3 nitrogen and oxygen atoms in total. The van der Waals surface area contributed by atoms with Crippen molar-refractivity contribution in [3.8, 4) is 0 Å². The van der Waals surface area contributed by atoms with E-state index in [1.54, 1.807) is 6.08 Å². The highest BCUT2D eigenvalue weighted by Crippen LogP contribution is 2.33. The summed E-state index contributed by atoms with van der Waals surface area (Å²) in [6.45, 7) is 8.84. The second kappa shape index (κ2) is 6.04. The van der Waals surface area contributed by atoms with E-state index in [-0.39, 0.29) is 5.97 Å². The molecule has 0 aromatic heterocycles. The third-order valence-electron chi connectivity index (χ3n) is 3.25. The Bertz CT molecular complexity index is 252. The Morgan fingerprint density at radius 2 is 2.44 bits per heavy atom. The third kappa shape index (κ3) is 3.08. The number of nitrogens with one attached hydrogen (secondary N) is 1. The molecule has 1 aliphatic rings. The number of ether oxygens (including phenoxy) is 1. The fourth-order valence-electron chi connectivity index (χ4n) is 2.51. The maximum absolute atomic E-state index is 12.1. The average Bonchev–Trinajstić information content (AvgIpc) is 2.27. The van der Waals surface area contributed by atoms with Gasteiger partial charge in [0.05, 0.1) is 6.61 Å². The van der Waals surface area contributed by atoms with Gasteiger partial charge in [-0.1, -0.05) is 25.8 Å². The first-order chi connectivity index (χ1) is 7.64. The normalized spacial score (nSPS) is 29.8. The molecule has 1 rings (SSSR count). The van der Waals surface area contributed by atoms with Gasteiger partial charge in [0.25, 0.3) is 0 Å². The van der Waals surface area contributed by atoms with Crippen LogP contribution in [-0.4, -0.2) is 24.7 Å². The van der Waals surface area contributed by atoms with Crippen LogP contribution in [0.15, 0.2) is 12.7 Å². The molecule has 0 aromatic rings. The van der Waals surface area contributed by atoms with Crippen molar-refractivity contribution in [3.63, 3.8) is 0 Å². The van der Waals surface area contributed by atoms with Gasteiger partial charge in [0, 0.05) is 6.54 Å². The van der Waals surface area contributed by atoms with Crippen LogP contribution >= 0.6 is 0 Å². The van der Waals surface area contributed by atoms with Gasteiger partial charge in [-0.25, -0.2) is 0 Å². The maximum Gasteiger partial charge on any atom is 0.326 e. The molecular weight excluding hydrogens is 202 g/mol. The highest BCUT2D eigenvalue weighted by atomic mass is 16.5. The summed E-state index contributed by atoms with van der Waals surface area (Å²) >= 11 is 0. The van der Waals surface area contributed by atoms with E-state index < -0.39 is 5.54 Å². The van der Waals surface area contributed by atoms with Crippen LogP contribution in [0.3, 0.4) is 0 Å². The van der Waals surface area contributed by atoms with E-state index in [4.69, 9.17) is 4.74 Å². The zero-order valence-electron chi connectivity index (χ0n) is 10.4. The Morgan fingerprint density at radius 1 is 1.69 bits per heavy atom. The average molecular weight is 225 g/mol. The molecule has 2 unspecified atom stereocenters. The first-order valence-electron chi connectivity index (χ1n) is 6.18. The van der Waals surface area contributed by atoms with Crippen LogP contribution in [-0.2, 0) is 9.53 Å². The maximum atomic E-state index is 12.1. The van der Waals surface area contributed by atoms with E-state index in [1.165, 1.54) is 6.42 Å². The lowest BCUT2D eigenvalue weighted by molar-refractivity contribution is -0.153. The molecule has 1 fully saturated rings. The number of hydrogen-bond donors (Lipinski definition) is 1. The van der Waals surface area contributed by atoms with Crippen molar-refractivity contribution in [1.29, 1.82) is 0 Å². The monoisotopic (exact) mass is 225 g/mol. The predicted molar refractivity (Wildman–Crippen MR) is 65.2 cm³/mol. The molecule has 3 heteroatoms. The predicted octanol–water partition coefficient (Wildman–Crippen LogP) is 2.27. The van der Waals surface area contributed by atoms with Crippen LogP contribution in [0.2, 0.25) is 0 Å². The van der Waals surface area contributed by atoms with E-state index in [0.29, 0.717) is 19.1 Å². The number of carbonyl (C=O) groups is 1. The number of rotatable bonds is 5. The minimum absolute atomic E-state index is 0.0941. The second-order valence-corrected chi connectivity index (χ2v) is 4.67. The van der Waals surface area contributed by atoms with Crippen LogP contribution in [0.4, 0.5) is 0 Å². The zero-order chi connectivity index (χ0) is 12.0. The molecule has 0 aliphatic heterocycles. The molecule has 1 N–H and O–H groups in total. The third-order valence-corrected chi connectivity index (χ3v) is 3.25. The smallest absolute Gasteiger partial charge is 0.326 e. The quantitative estimate of drug-likeness (QED) is 0.576. The van der Waals surface area contributed by atoms with Crippen molar-refractivity contribution in [2.75, 3.05) is 13.2 Å². The summed E-state index contributed by atoms with van der Waals surface area (Å²) in [5.74, 6) is 0.485. The van der Waals surface area contributed by atoms with Gasteiger partial charge >= 0.3 is 5.97 Å². The van der Waals surface area contributed by atoms with Gasteiger partial charge in [-0.2, -0.15) is 0 Å². The molecular formula is C13H23NO2. The SMILES string of the molecule is C=CCNC1(C(=O)OCC)CCCC(C)C1. The highest BCUT2D eigenvalue weighted by molar-refractivity contribution is 5.81. The Balaban J connectivity index is 2.73. The summed E-state index contributed by atoms with van der Waals surface area (Å²) in [5.41, 5.74) is -0.470. The van der Waals surface area contributed by atoms with Crippen molar-refractivity contribution in [3.05, 3.63) is 12.7 Å². The molecule has 0 spiro atoms. The summed E-state index contributed by atoms with van der Waals surface area (Å²) in [6.07, 6.45) is 5.84. The zero-order valence-corrected chi connectivity index (χ0v) is 10.4. The molecule has 0 heterocycles. The summed E-state index contributed by atoms with van der Waals surface area (Å²) in [6, 6.07) is 0. The largest absolute Gasteiger partial charge is 0.465 e. The fourth-order valence-corrected chi connectivity index (χ4v) is 2.51. The lowest BCUT2D eigenvalue weighted by Gasteiger charge is -2.38. The topological polar surface area (TPSA) is 38.3 Å². The lowest BCUT2D eigenvalue weighted by atomic mass is 9.76. The minimum Gasteiger partial charge on any atom is -0.465 e. The van der Waals surface area contributed by atoms with Crippen LogP contribution in [0.1, 0.15) is 39.5 Å². The number of esters is 1. The molecule has 2 atom stereocenters. The molecule has 0 radical (unpaired) electrons. The van der Waals surface area contributed by atoms with Crippen LogP contribution < -0.4 is 5.32 Å². The number of hydrogen-bond acceptors (Lipinski definition) is 3. The molecule has 1 aliphatic carbocycles. The summed E-state index contributed by atoms with van der Waals surface area (Å²) in [4.78, 5) is 12.1. The Kier molecular flexibility index (Phi) is 5.00. The molecule has 0 aromatic carbocycles. The van der Waals surface area contributed by atoms with Gasteiger partial charge in [-0.05, 0) is 25.7 Å². The second-order valence-electron chi connectivity index (χ2n) is 4.67.